The van der Waals surface area contributed by atoms with Crippen molar-refractivity contribution in [3.8, 4) is 0 Å². The minimum absolute atomic E-state index is 0.132. The molecule has 0 fully saturated rings. The fraction of sp³-hybridized carbons (Fsp3) is 0.238. The van der Waals surface area contributed by atoms with Crippen molar-refractivity contribution in [3.05, 3.63) is 79.3 Å². The van der Waals surface area contributed by atoms with E-state index in [0.717, 1.165) is 56.3 Å². The van der Waals surface area contributed by atoms with Crippen LogP contribution in [0.2, 0.25) is 0 Å². The molecule has 134 valence electrons. The van der Waals surface area contributed by atoms with Gasteiger partial charge < -0.3 is 9.97 Å². The summed E-state index contributed by atoms with van der Waals surface area (Å²) in [4.78, 5) is 29.4. The summed E-state index contributed by atoms with van der Waals surface area (Å²) in [7, 11) is 0. The van der Waals surface area contributed by atoms with E-state index in [4.69, 9.17) is 0 Å². The van der Waals surface area contributed by atoms with E-state index < -0.39 is 0 Å². The number of benzene rings is 1. The van der Waals surface area contributed by atoms with Crippen molar-refractivity contribution in [3.63, 3.8) is 0 Å². The maximum Gasteiger partial charge on any atom is 0.166 e. The van der Waals surface area contributed by atoms with E-state index in [2.05, 4.69) is 38.0 Å². The van der Waals surface area contributed by atoms with Crippen LogP contribution in [0.15, 0.2) is 28.7 Å². The third-order valence-electron chi connectivity index (χ3n) is 5.27. The Morgan fingerprint density at radius 3 is 1.73 bits per heavy atom. The lowest BCUT2D eigenvalue weighted by Gasteiger charge is -2.19. The molecule has 0 saturated carbocycles. The summed E-state index contributed by atoms with van der Waals surface area (Å²) in [6, 6.07) is 8.09. The molecule has 1 aromatic carbocycles. The molecule has 2 N–H and O–H groups in total. The molecule has 0 aliphatic carbocycles. The normalized spacial score (nSPS) is 11.2. The van der Waals surface area contributed by atoms with E-state index in [0.29, 0.717) is 11.4 Å². The van der Waals surface area contributed by atoms with Crippen LogP contribution in [0.25, 0.3) is 0 Å². The maximum atomic E-state index is 11.4. The number of carbonyl (C=O) groups is 2. The second-order valence-corrected chi connectivity index (χ2v) is 7.54. The van der Waals surface area contributed by atoms with Crippen molar-refractivity contribution in [1.82, 2.24) is 9.97 Å². The van der Waals surface area contributed by atoms with Crippen LogP contribution in [-0.4, -0.2) is 22.5 Å². The van der Waals surface area contributed by atoms with Gasteiger partial charge in [-0.15, -0.1) is 0 Å². The van der Waals surface area contributed by atoms with Gasteiger partial charge in [-0.25, -0.2) is 0 Å². The van der Waals surface area contributed by atoms with Crippen molar-refractivity contribution in [2.24, 2.45) is 0 Å². The van der Waals surface area contributed by atoms with Gasteiger partial charge in [0, 0.05) is 15.9 Å². The van der Waals surface area contributed by atoms with Crippen LogP contribution in [0.3, 0.4) is 0 Å². The molecular weight excluding hydrogens is 392 g/mol. The Labute approximate surface area is 161 Å². The number of hydrogen-bond acceptors (Lipinski definition) is 2. The van der Waals surface area contributed by atoms with Crippen LogP contribution in [0, 0.1) is 27.7 Å². The number of nitrogens with one attached hydrogen (secondary N) is 2. The quantitative estimate of drug-likeness (QED) is 0.569. The molecule has 0 atom stereocenters. The second kappa shape index (κ2) is 7.08. The van der Waals surface area contributed by atoms with Crippen LogP contribution in [0.4, 0.5) is 0 Å². The van der Waals surface area contributed by atoms with E-state index >= 15 is 0 Å². The zero-order valence-corrected chi connectivity index (χ0v) is 16.8. The molecule has 2 aromatic heterocycles. The van der Waals surface area contributed by atoms with Gasteiger partial charge in [-0.05, 0) is 67.6 Å². The number of carbonyl (C=O) groups excluding carboxylic acids is 2. The largest absolute Gasteiger partial charge is 0.355 e. The van der Waals surface area contributed by atoms with Gasteiger partial charge in [-0.3, -0.25) is 9.59 Å². The molecule has 0 bridgehead atoms. The Kier molecular flexibility index (Phi) is 5.01. The Balaban J connectivity index is 2.31. The van der Waals surface area contributed by atoms with Crippen molar-refractivity contribution in [2.45, 2.75) is 33.6 Å². The molecule has 0 radical (unpaired) electrons. The third-order valence-corrected chi connectivity index (χ3v) is 5.77. The van der Waals surface area contributed by atoms with Gasteiger partial charge in [0.1, 0.15) is 0 Å². The number of aromatic nitrogens is 2. The Morgan fingerprint density at radius 2 is 1.35 bits per heavy atom. The summed E-state index contributed by atoms with van der Waals surface area (Å²) in [5.41, 5.74) is 8.19. The van der Waals surface area contributed by atoms with Crippen LogP contribution in [0.5, 0.6) is 0 Å². The van der Waals surface area contributed by atoms with E-state index in [1.165, 1.54) is 0 Å². The number of hydrogen-bond donors (Lipinski definition) is 2. The molecule has 2 heterocycles. The van der Waals surface area contributed by atoms with Gasteiger partial charge >= 0.3 is 0 Å². The number of rotatable bonds is 5. The second-order valence-electron chi connectivity index (χ2n) is 6.63. The summed E-state index contributed by atoms with van der Waals surface area (Å²) in [5.74, 6) is -0.132. The Morgan fingerprint density at radius 1 is 0.846 bits per heavy atom. The monoisotopic (exact) mass is 412 g/mol. The highest BCUT2D eigenvalue weighted by atomic mass is 79.9. The SMILES string of the molecule is Cc1c(C=O)[nH]c(C(c2cccc(Br)c2)c2[nH]c(C=O)c(C)c2C)c1C. The molecule has 0 amide bonds. The lowest BCUT2D eigenvalue weighted by molar-refractivity contribution is 0.111. The van der Waals surface area contributed by atoms with Gasteiger partial charge in [-0.1, -0.05) is 28.1 Å². The van der Waals surface area contributed by atoms with Crippen molar-refractivity contribution in [1.29, 1.82) is 0 Å². The molecule has 0 aliphatic heterocycles. The molecule has 0 spiro atoms. The summed E-state index contributed by atoms with van der Waals surface area (Å²) in [6.45, 7) is 7.93. The molecular formula is C21H21BrN2O2. The van der Waals surface area contributed by atoms with Crippen LogP contribution in [-0.2, 0) is 0 Å². The first-order valence-corrected chi connectivity index (χ1v) is 9.22. The topological polar surface area (TPSA) is 65.7 Å². The molecule has 0 saturated heterocycles. The van der Waals surface area contributed by atoms with Crippen LogP contribution < -0.4 is 0 Å². The van der Waals surface area contributed by atoms with Gasteiger partial charge in [-0.2, -0.15) is 0 Å². The molecule has 4 nitrogen and oxygen atoms in total. The molecule has 0 aliphatic rings. The number of halogens is 1. The van der Waals surface area contributed by atoms with E-state index in [1.54, 1.807) is 0 Å². The predicted molar refractivity (Wildman–Crippen MR) is 106 cm³/mol. The van der Waals surface area contributed by atoms with Gasteiger partial charge in [0.15, 0.2) is 12.6 Å². The van der Waals surface area contributed by atoms with Crippen molar-refractivity contribution in [2.75, 3.05) is 0 Å². The lowest BCUT2D eigenvalue weighted by atomic mass is 9.88. The van der Waals surface area contributed by atoms with Crippen LogP contribution in [0.1, 0.15) is 66.1 Å². The van der Waals surface area contributed by atoms with E-state index in [-0.39, 0.29) is 5.92 Å². The average Bonchev–Trinajstić information content (AvgIpc) is 3.07. The fourth-order valence-electron chi connectivity index (χ4n) is 3.45. The van der Waals surface area contributed by atoms with Gasteiger partial charge in [0.2, 0.25) is 0 Å². The third kappa shape index (κ3) is 2.97. The maximum absolute atomic E-state index is 11.4. The fourth-order valence-corrected chi connectivity index (χ4v) is 3.87. The minimum atomic E-state index is -0.132. The average molecular weight is 413 g/mol. The summed E-state index contributed by atoms with van der Waals surface area (Å²) < 4.78 is 0.980. The Bertz CT molecular complexity index is 940. The van der Waals surface area contributed by atoms with Gasteiger partial charge in [0.05, 0.1) is 17.3 Å². The minimum Gasteiger partial charge on any atom is -0.355 e. The standard InChI is InChI=1S/C21H21BrN2O2/c1-11-13(3)20(23-17(11)9-25)19(15-6-5-7-16(22)8-15)21-14(4)12(2)18(10-26)24-21/h5-10,19,23-24H,1-4H3. The molecule has 26 heavy (non-hydrogen) atoms. The Hall–Kier alpha value is -2.40. The van der Waals surface area contributed by atoms with E-state index in [1.807, 2.05) is 39.8 Å². The van der Waals surface area contributed by atoms with Crippen molar-refractivity contribution >= 4 is 28.5 Å². The molecule has 5 heteroatoms. The zero-order valence-electron chi connectivity index (χ0n) is 15.2. The predicted octanol–water partition coefficient (Wildman–Crippen LogP) is 5.14. The smallest absolute Gasteiger partial charge is 0.166 e. The zero-order chi connectivity index (χ0) is 19.0. The molecule has 3 rings (SSSR count). The molecule has 0 unspecified atom stereocenters. The van der Waals surface area contributed by atoms with Gasteiger partial charge in [0.25, 0.3) is 0 Å². The first kappa shape index (κ1) is 18.4. The van der Waals surface area contributed by atoms with Crippen LogP contribution >= 0.6 is 15.9 Å². The number of aldehydes is 2. The lowest BCUT2D eigenvalue weighted by Crippen LogP contribution is -2.08. The number of H-pyrrole nitrogens is 2. The van der Waals surface area contributed by atoms with Crippen molar-refractivity contribution < 1.29 is 9.59 Å². The number of aromatic amines is 2. The highest BCUT2D eigenvalue weighted by Crippen LogP contribution is 2.38. The highest BCUT2D eigenvalue weighted by molar-refractivity contribution is 9.10. The summed E-state index contributed by atoms with van der Waals surface area (Å²) >= 11 is 3.55. The first-order valence-electron chi connectivity index (χ1n) is 8.43. The summed E-state index contributed by atoms with van der Waals surface area (Å²) in [6.07, 6.45) is 1.71. The molecule has 3 aromatic rings. The van der Waals surface area contributed by atoms with E-state index in [9.17, 15) is 9.59 Å². The first-order chi connectivity index (χ1) is 12.4. The summed E-state index contributed by atoms with van der Waals surface area (Å²) in [5, 5.41) is 0. The highest BCUT2D eigenvalue weighted by Gasteiger charge is 2.27.